The Morgan fingerprint density at radius 1 is 1.41 bits per heavy atom. The first-order chi connectivity index (χ1) is 12.7. The summed E-state index contributed by atoms with van der Waals surface area (Å²) in [6, 6.07) is -0.706. The molecule has 0 aromatic carbocycles. The van der Waals surface area contributed by atoms with Gasteiger partial charge in [0.2, 0.25) is 5.89 Å². The number of aromatic amines is 1. The monoisotopic (exact) mass is 395 g/mol. The van der Waals surface area contributed by atoms with Crippen LogP contribution >= 0.6 is 0 Å². The highest BCUT2D eigenvalue weighted by Gasteiger charge is 2.27. The fourth-order valence-corrected chi connectivity index (χ4v) is 3.32. The summed E-state index contributed by atoms with van der Waals surface area (Å²) in [4.78, 5) is 28.3. The van der Waals surface area contributed by atoms with Crippen LogP contribution in [-0.4, -0.2) is 58.4 Å². The molecular weight excluding hydrogens is 378 g/mol. The van der Waals surface area contributed by atoms with E-state index in [-0.39, 0.29) is 34.9 Å². The van der Waals surface area contributed by atoms with Gasteiger partial charge in [-0.05, 0) is 13.3 Å². The van der Waals surface area contributed by atoms with E-state index in [1.165, 1.54) is 24.1 Å². The van der Waals surface area contributed by atoms with Crippen LogP contribution in [0.4, 0.5) is 0 Å². The molecule has 2 aliphatic rings. The van der Waals surface area contributed by atoms with Crippen molar-refractivity contribution in [3.8, 4) is 11.3 Å². The van der Waals surface area contributed by atoms with Gasteiger partial charge < -0.3 is 13.8 Å². The summed E-state index contributed by atoms with van der Waals surface area (Å²) < 4.78 is 34.7. The Bertz CT molecular complexity index is 1110. The number of sulfone groups is 1. The first-order valence-corrected chi connectivity index (χ1v) is 9.91. The lowest BCUT2D eigenvalue weighted by molar-refractivity contribution is 0.0600. The van der Waals surface area contributed by atoms with Crippen LogP contribution in [0.1, 0.15) is 34.5 Å². The molecule has 2 aliphatic heterocycles. The summed E-state index contributed by atoms with van der Waals surface area (Å²) in [5, 5.41) is 9.87. The van der Waals surface area contributed by atoms with E-state index in [1.54, 1.807) is 6.92 Å². The number of aryl methyl sites for hydroxylation is 1. The topological polar surface area (TPSA) is 150 Å². The van der Waals surface area contributed by atoms with Crippen LogP contribution in [0.5, 0.6) is 0 Å². The van der Waals surface area contributed by atoms with Gasteiger partial charge in [0.1, 0.15) is 27.1 Å². The maximum Gasteiger partial charge on any atom is 0.341 e. The number of esters is 1. The maximum absolute atomic E-state index is 12.1. The highest BCUT2D eigenvalue weighted by atomic mass is 32.2. The van der Waals surface area contributed by atoms with E-state index in [9.17, 15) is 18.0 Å². The molecule has 27 heavy (non-hydrogen) atoms. The Labute approximate surface area is 153 Å². The Hall–Kier alpha value is -3.02. The summed E-state index contributed by atoms with van der Waals surface area (Å²) in [6.45, 7) is 1.63. The first kappa shape index (κ1) is 18.8. The molecule has 12 heteroatoms. The molecule has 0 bridgehead atoms. The van der Waals surface area contributed by atoms with Gasteiger partial charge in [-0.25, -0.2) is 18.3 Å². The van der Waals surface area contributed by atoms with Crippen molar-refractivity contribution in [1.82, 2.24) is 24.9 Å². The molecule has 144 valence electrons. The third kappa shape index (κ3) is 3.89. The summed E-state index contributed by atoms with van der Waals surface area (Å²) in [6.07, 6.45) is 4.09. The molecule has 0 unspecified atom stereocenters. The number of H-pyrrole nitrogens is 1. The highest BCUT2D eigenvalue weighted by Crippen LogP contribution is 2.27. The van der Waals surface area contributed by atoms with E-state index in [0.717, 1.165) is 6.26 Å². The molecule has 0 fully saturated rings. The van der Waals surface area contributed by atoms with Gasteiger partial charge in [-0.15, -0.1) is 0 Å². The van der Waals surface area contributed by atoms with Crippen molar-refractivity contribution in [2.45, 2.75) is 19.4 Å². The lowest BCUT2D eigenvalue weighted by atomic mass is 10.1. The van der Waals surface area contributed by atoms with Crippen LogP contribution in [0.3, 0.4) is 0 Å². The van der Waals surface area contributed by atoms with Crippen LogP contribution in [-0.2, 0) is 14.6 Å². The summed E-state index contributed by atoms with van der Waals surface area (Å²) >= 11 is 0. The molecule has 0 radical (unpaired) electrons. The predicted octanol–water partition coefficient (Wildman–Crippen LogP) is 0.178. The van der Waals surface area contributed by atoms with Gasteiger partial charge in [-0.3, -0.25) is 4.79 Å². The van der Waals surface area contributed by atoms with Gasteiger partial charge in [0.15, 0.2) is 5.82 Å². The number of rotatable bonds is 6. The number of carbonyl (C=O) groups is 1. The zero-order valence-electron chi connectivity index (χ0n) is 14.8. The zero-order chi connectivity index (χ0) is 19.8. The maximum atomic E-state index is 12.1. The molecular formula is C15H17N5O6S. The number of ether oxygens (including phenoxy) is 1. The Kier molecular flexibility index (Phi) is 4.83. The summed E-state index contributed by atoms with van der Waals surface area (Å²) in [5.74, 6) is -0.318. The second kappa shape index (κ2) is 6.95. The molecule has 3 rings (SSSR count). The predicted molar refractivity (Wildman–Crippen MR) is 92.3 cm³/mol. The largest absolute Gasteiger partial charge is 0.465 e. The van der Waals surface area contributed by atoms with E-state index in [1.807, 2.05) is 0 Å². The molecule has 1 atom stereocenters. The lowest BCUT2D eigenvalue weighted by Crippen LogP contribution is -2.19. The van der Waals surface area contributed by atoms with Gasteiger partial charge in [-0.1, -0.05) is 5.16 Å². The van der Waals surface area contributed by atoms with Crippen molar-refractivity contribution in [3.05, 3.63) is 40.0 Å². The number of methoxy groups -OCH3 is 1. The number of aromatic nitrogens is 5. The average Bonchev–Trinajstić information content (AvgIpc) is 3.19. The van der Waals surface area contributed by atoms with E-state index in [4.69, 9.17) is 9.26 Å². The second-order valence-electron chi connectivity index (χ2n) is 6.04. The molecule has 1 aromatic rings. The fraction of sp³-hybridized carbons (Fsp3) is 0.400. The van der Waals surface area contributed by atoms with Crippen molar-refractivity contribution < 1.29 is 22.5 Å². The first-order valence-electron chi connectivity index (χ1n) is 7.85. The van der Waals surface area contributed by atoms with E-state index in [2.05, 4.69) is 20.3 Å². The number of hydrogen-bond acceptors (Lipinski definition) is 9. The minimum atomic E-state index is -3.27. The van der Waals surface area contributed by atoms with Crippen molar-refractivity contribution in [2.24, 2.45) is 0 Å². The number of carbonyl (C=O) groups excluding carboxylic acids is 1. The second-order valence-corrected chi connectivity index (χ2v) is 8.30. The fourth-order valence-electron chi connectivity index (χ4n) is 2.67. The minimum Gasteiger partial charge on any atom is -0.465 e. The number of fused-ring (bicyclic) bond motifs is 1. The standard InChI is InChI=1S/C15H17N5O6S/c1-8-16-14(26-19-8)11(4-5-27(3,23)24)20-6-9-12(17-18-13(9)21)10(7-20)15(22)25-2/h6-7,11H,4-5H2,1-3H3,(H,18,21)/t11-/m1/s1. The average molecular weight is 395 g/mol. The van der Waals surface area contributed by atoms with Crippen molar-refractivity contribution in [1.29, 1.82) is 0 Å². The number of hydrogen-bond donors (Lipinski definition) is 1. The molecule has 1 N–H and O–H groups in total. The normalized spacial score (nSPS) is 13.0. The Morgan fingerprint density at radius 2 is 2.15 bits per heavy atom. The van der Waals surface area contributed by atoms with E-state index >= 15 is 0 Å². The molecule has 0 spiro atoms. The minimum absolute atomic E-state index is 0.0499. The quantitative estimate of drug-likeness (QED) is 0.576. The van der Waals surface area contributed by atoms with Crippen LogP contribution in [0.25, 0.3) is 11.3 Å². The number of nitrogens with zero attached hydrogens (tertiary/aromatic N) is 4. The molecule has 1 aromatic heterocycles. The van der Waals surface area contributed by atoms with Crippen LogP contribution < -0.4 is 5.56 Å². The van der Waals surface area contributed by atoms with Crippen LogP contribution in [0, 0.1) is 6.92 Å². The molecule has 0 saturated carbocycles. The third-order valence-electron chi connectivity index (χ3n) is 3.94. The molecule has 3 heterocycles. The van der Waals surface area contributed by atoms with E-state index < -0.39 is 27.4 Å². The third-order valence-corrected chi connectivity index (χ3v) is 4.91. The van der Waals surface area contributed by atoms with Crippen LogP contribution in [0.2, 0.25) is 0 Å². The van der Waals surface area contributed by atoms with Gasteiger partial charge in [0.05, 0.1) is 18.4 Å². The number of nitrogens with one attached hydrogen (secondary N) is 1. The Morgan fingerprint density at radius 3 is 2.74 bits per heavy atom. The van der Waals surface area contributed by atoms with Crippen LogP contribution in [0.15, 0.2) is 21.7 Å². The van der Waals surface area contributed by atoms with Gasteiger partial charge in [-0.2, -0.15) is 10.1 Å². The lowest BCUT2D eigenvalue weighted by Gasteiger charge is -2.19. The number of pyridine rings is 1. The van der Waals surface area contributed by atoms with E-state index in [0.29, 0.717) is 5.82 Å². The molecule has 0 aliphatic carbocycles. The summed E-state index contributed by atoms with van der Waals surface area (Å²) in [5.41, 5.74) is -0.132. The molecule has 0 saturated heterocycles. The van der Waals surface area contributed by atoms with Crippen molar-refractivity contribution in [2.75, 3.05) is 19.1 Å². The van der Waals surface area contributed by atoms with Crippen molar-refractivity contribution >= 4 is 15.8 Å². The highest BCUT2D eigenvalue weighted by molar-refractivity contribution is 7.90. The molecule has 11 nitrogen and oxygen atoms in total. The van der Waals surface area contributed by atoms with Gasteiger partial charge >= 0.3 is 5.97 Å². The smallest absolute Gasteiger partial charge is 0.341 e. The zero-order valence-corrected chi connectivity index (χ0v) is 15.6. The summed E-state index contributed by atoms with van der Waals surface area (Å²) in [7, 11) is -2.07. The molecule has 0 amide bonds. The Balaban J connectivity index is 2.17. The SMILES string of the molecule is COC(=O)c1cn([C@H](CCS(C)(=O)=O)c2nc(C)no2)cc2c(=O)[nH]nc1-2. The van der Waals surface area contributed by atoms with Gasteiger partial charge in [0.25, 0.3) is 5.56 Å². The van der Waals surface area contributed by atoms with Crippen molar-refractivity contribution in [3.63, 3.8) is 0 Å². The van der Waals surface area contributed by atoms with Gasteiger partial charge in [0, 0.05) is 18.6 Å².